The Labute approximate surface area is 91.4 Å². The van der Waals surface area contributed by atoms with Gasteiger partial charge in [-0.05, 0) is 25.0 Å². The van der Waals surface area contributed by atoms with Crippen LogP contribution in [0.15, 0.2) is 18.2 Å². The van der Waals surface area contributed by atoms with E-state index in [4.69, 9.17) is 4.74 Å². The highest BCUT2D eigenvalue weighted by Gasteiger charge is 2.24. The number of anilines is 1. The van der Waals surface area contributed by atoms with E-state index in [1.54, 1.807) is 0 Å². The second-order valence-corrected chi connectivity index (χ2v) is 3.62. The van der Waals surface area contributed by atoms with Gasteiger partial charge < -0.3 is 10.1 Å². The Morgan fingerprint density at radius 3 is 2.94 bits per heavy atom. The van der Waals surface area contributed by atoms with Gasteiger partial charge in [0.05, 0.1) is 5.69 Å². The van der Waals surface area contributed by atoms with Crippen LogP contribution in [0.5, 0.6) is 0 Å². The number of halogens is 2. The molecule has 5 heteroatoms. The molecule has 1 aliphatic rings. The summed E-state index contributed by atoms with van der Waals surface area (Å²) in [6, 6.07) is 2.92. The van der Waals surface area contributed by atoms with E-state index in [9.17, 15) is 13.6 Å². The molecule has 2 rings (SSSR count). The van der Waals surface area contributed by atoms with Crippen LogP contribution in [0.3, 0.4) is 0 Å². The van der Waals surface area contributed by atoms with Crippen LogP contribution in [0, 0.1) is 11.6 Å². The number of hydrogen-bond donors (Lipinski definition) is 1. The summed E-state index contributed by atoms with van der Waals surface area (Å²) in [5.41, 5.74) is -0.152. The van der Waals surface area contributed by atoms with Crippen LogP contribution >= 0.6 is 0 Å². The van der Waals surface area contributed by atoms with Crippen LogP contribution in [0.2, 0.25) is 0 Å². The molecule has 16 heavy (non-hydrogen) atoms. The van der Waals surface area contributed by atoms with E-state index < -0.39 is 23.6 Å². The van der Waals surface area contributed by atoms with Crippen molar-refractivity contribution in [3.05, 3.63) is 29.8 Å². The van der Waals surface area contributed by atoms with E-state index in [0.29, 0.717) is 13.0 Å². The molecule has 1 amide bonds. The highest BCUT2D eigenvalue weighted by atomic mass is 19.1. The maximum atomic E-state index is 13.2. The smallest absolute Gasteiger partial charge is 0.253 e. The number of carbonyl (C=O) groups is 1. The lowest BCUT2D eigenvalue weighted by Gasteiger charge is -2.10. The maximum Gasteiger partial charge on any atom is 0.253 e. The molecule has 0 bridgehead atoms. The summed E-state index contributed by atoms with van der Waals surface area (Å²) in [6.45, 7) is 0.531. The van der Waals surface area contributed by atoms with Crippen LogP contribution in [-0.4, -0.2) is 18.6 Å². The molecular formula is C11H11F2NO2. The predicted molar refractivity (Wildman–Crippen MR) is 54.0 cm³/mol. The van der Waals surface area contributed by atoms with E-state index in [-0.39, 0.29) is 5.69 Å². The van der Waals surface area contributed by atoms with Crippen molar-refractivity contribution < 1.29 is 18.3 Å². The zero-order valence-corrected chi connectivity index (χ0v) is 8.50. The lowest BCUT2D eigenvalue weighted by molar-refractivity contribution is -0.124. The largest absolute Gasteiger partial charge is 0.368 e. The van der Waals surface area contributed by atoms with Gasteiger partial charge in [-0.25, -0.2) is 8.78 Å². The molecule has 1 aromatic carbocycles. The van der Waals surface area contributed by atoms with Gasteiger partial charge in [0, 0.05) is 12.7 Å². The van der Waals surface area contributed by atoms with Gasteiger partial charge in [-0.3, -0.25) is 4.79 Å². The van der Waals surface area contributed by atoms with Crippen molar-refractivity contribution in [1.82, 2.24) is 0 Å². The molecule has 1 atom stereocenters. The fraction of sp³-hybridized carbons (Fsp3) is 0.364. The molecule has 0 aliphatic carbocycles. The van der Waals surface area contributed by atoms with Gasteiger partial charge in [-0.15, -0.1) is 0 Å². The van der Waals surface area contributed by atoms with Gasteiger partial charge in [-0.2, -0.15) is 0 Å². The van der Waals surface area contributed by atoms with E-state index in [0.717, 1.165) is 24.6 Å². The number of carbonyl (C=O) groups excluding carboxylic acids is 1. The Kier molecular flexibility index (Phi) is 3.14. The standard InChI is InChI=1S/C11H11F2NO2/c12-7-3-4-8(13)9(6-7)14-11(15)10-2-1-5-16-10/h3-4,6,10H,1-2,5H2,(H,14,15)/t10-/m1/s1. The highest BCUT2D eigenvalue weighted by molar-refractivity contribution is 5.94. The first-order valence-electron chi connectivity index (χ1n) is 5.04. The molecule has 1 fully saturated rings. The Morgan fingerprint density at radius 2 is 2.25 bits per heavy atom. The first-order chi connectivity index (χ1) is 7.66. The summed E-state index contributed by atoms with van der Waals surface area (Å²) in [6.07, 6.45) is 0.870. The number of hydrogen-bond acceptors (Lipinski definition) is 2. The molecule has 0 aromatic heterocycles. The van der Waals surface area contributed by atoms with E-state index in [2.05, 4.69) is 5.32 Å². The van der Waals surface area contributed by atoms with E-state index in [1.807, 2.05) is 0 Å². The van der Waals surface area contributed by atoms with Crippen molar-refractivity contribution in [1.29, 1.82) is 0 Å². The molecule has 3 nitrogen and oxygen atoms in total. The third-order valence-electron chi connectivity index (χ3n) is 2.41. The number of amides is 1. The van der Waals surface area contributed by atoms with Crippen molar-refractivity contribution in [3.8, 4) is 0 Å². The Hall–Kier alpha value is -1.49. The molecule has 1 aliphatic heterocycles. The summed E-state index contributed by atoms with van der Waals surface area (Å²) in [5.74, 6) is -1.68. The monoisotopic (exact) mass is 227 g/mol. The molecule has 86 valence electrons. The number of benzene rings is 1. The first-order valence-corrected chi connectivity index (χ1v) is 5.04. The van der Waals surface area contributed by atoms with Crippen LogP contribution in [0.4, 0.5) is 14.5 Å². The number of rotatable bonds is 2. The zero-order chi connectivity index (χ0) is 11.5. The fourth-order valence-electron chi connectivity index (χ4n) is 1.59. The number of ether oxygens (including phenoxy) is 1. The molecular weight excluding hydrogens is 216 g/mol. The second-order valence-electron chi connectivity index (χ2n) is 3.62. The average Bonchev–Trinajstić information content (AvgIpc) is 2.76. The summed E-state index contributed by atoms with van der Waals surface area (Å²) < 4.78 is 31.1. The third-order valence-corrected chi connectivity index (χ3v) is 2.41. The van der Waals surface area contributed by atoms with E-state index in [1.165, 1.54) is 0 Å². The molecule has 1 aromatic rings. The minimum atomic E-state index is -0.659. The third kappa shape index (κ3) is 2.36. The molecule has 1 saturated heterocycles. The van der Waals surface area contributed by atoms with Crippen LogP contribution < -0.4 is 5.32 Å². The van der Waals surface area contributed by atoms with Gasteiger partial charge in [0.25, 0.3) is 5.91 Å². The molecule has 1 heterocycles. The van der Waals surface area contributed by atoms with Crippen molar-refractivity contribution in [2.24, 2.45) is 0 Å². The SMILES string of the molecule is O=C(Nc1cc(F)ccc1F)[C@H]1CCCO1. The topological polar surface area (TPSA) is 38.3 Å². The summed E-state index contributed by atoms with van der Waals surface area (Å²) >= 11 is 0. The zero-order valence-electron chi connectivity index (χ0n) is 8.50. The quantitative estimate of drug-likeness (QED) is 0.840. The maximum absolute atomic E-state index is 13.2. The van der Waals surface area contributed by atoms with Gasteiger partial charge in [0.1, 0.15) is 17.7 Å². The lowest BCUT2D eigenvalue weighted by Crippen LogP contribution is -2.27. The Morgan fingerprint density at radius 1 is 1.44 bits per heavy atom. The van der Waals surface area contributed by atoms with Crippen LogP contribution in [-0.2, 0) is 9.53 Å². The lowest BCUT2D eigenvalue weighted by atomic mass is 10.2. The van der Waals surface area contributed by atoms with Crippen LogP contribution in [0.25, 0.3) is 0 Å². The summed E-state index contributed by atoms with van der Waals surface area (Å²) in [5, 5.41) is 2.31. The van der Waals surface area contributed by atoms with Gasteiger partial charge in [0.15, 0.2) is 0 Å². The van der Waals surface area contributed by atoms with Gasteiger partial charge in [0.2, 0.25) is 0 Å². The van der Waals surface area contributed by atoms with E-state index >= 15 is 0 Å². The van der Waals surface area contributed by atoms with Gasteiger partial charge >= 0.3 is 0 Å². The molecule has 0 saturated carbocycles. The molecule has 0 radical (unpaired) electrons. The first kappa shape index (κ1) is 11.0. The fourth-order valence-corrected chi connectivity index (χ4v) is 1.59. The van der Waals surface area contributed by atoms with Gasteiger partial charge in [-0.1, -0.05) is 0 Å². The minimum absolute atomic E-state index is 0.152. The highest BCUT2D eigenvalue weighted by Crippen LogP contribution is 2.18. The van der Waals surface area contributed by atoms with Crippen LogP contribution in [0.1, 0.15) is 12.8 Å². The summed E-state index contributed by atoms with van der Waals surface area (Å²) in [4.78, 5) is 11.6. The molecule has 0 spiro atoms. The van der Waals surface area contributed by atoms with Crippen molar-refractivity contribution in [2.45, 2.75) is 18.9 Å². The molecule has 0 unspecified atom stereocenters. The Balaban J connectivity index is 2.07. The predicted octanol–water partition coefficient (Wildman–Crippen LogP) is 2.08. The average molecular weight is 227 g/mol. The Bertz CT molecular complexity index is 403. The number of nitrogens with one attached hydrogen (secondary N) is 1. The molecule has 1 N–H and O–H groups in total. The second kappa shape index (κ2) is 4.57. The summed E-state index contributed by atoms with van der Waals surface area (Å²) in [7, 11) is 0. The van der Waals surface area contributed by atoms with Crippen molar-refractivity contribution in [2.75, 3.05) is 11.9 Å². The van der Waals surface area contributed by atoms with Crippen molar-refractivity contribution in [3.63, 3.8) is 0 Å². The normalized spacial score (nSPS) is 19.8. The van der Waals surface area contributed by atoms with Crippen molar-refractivity contribution >= 4 is 11.6 Å². The minimum Gasteiger partial charge on any atom is -0.368 e.